The molecule has 39 heavy (non-hydrogen) atoms. The van der Waals surface area contributed by atoms with Gasteiger partial charge < -0.3 is 19.1 Å². The molecule has 2 heterocycles. The second kappa shape index (κ2) is 13.7. The van der Waals surface area contributed by atoms with Crippen molar-refractivity contribution in [2.45, 2.75) is 18.7 Å². The van der Waals surface area contributed by atoms with Crippen LogP contribution in [0.5, 0.6) is 11.5 Å². The van der Waals surface area contributed by atoms with E-state index in [4.69, 9.17) is 19.2 Å². The third kappa shape index (κ3) is 6.64. The molecule has 0 N–H and O–H groups in total. The molecule has 1 aliphatic heterocycles. The zero-order valence-corrected chi connectivity index (χ0v) is 25.0. The van der Waals surface area contributed by atoms with Crippen molar-refractivity contribution in [3.8, 4) is 11.5 Å². The Morgan fingerprint density at radius 2 is 1.62 bits per heavy atom. The fourth-order valence-corrected chi connectivity index (χ4v) is 6.82. The Labute approximate surface area is 239 Å². The number of hydrogen-bond acceptors (Lipinski definition) is 9. The molecule has 3 aromatic rings. The smallest absolute Gasteiger partial charge is 0.260 e. The van der Waals surface area contributed by atoms with Gasteiger partial charge in [-0.25, -0.2) is 13.4 Å². The van der Waals surface area contributed by atoms with E-state index in [0.717, 1.165) is 17.8 Å². The number of carbonyl (C=O) groups excluding carboxylic acids is 1. The number of nitrogens with zero attached hydrogens (tertiary/aromatic N) is 4. The lowest BCUT2D eigenvalue weighted by atomic mass is 10.2. The number of hydrogen-bond donors (Lipinski definition) is 0. The van der Waals surface area contributed by atoms with Crippen LogP contribution in [0.25, 0.3) is 10.2 Å². The van der Waals surface area contributed by atoms with Crippen molar-refractivity contribution in [3.63, 3.8) is 0 Å². The highest BCUT2D eigenvalue weighted by Crippen LogP contribution is 2.40. The predicted molar refractivity (Wildman–Crippen MR) is 155 cm³/mol. The number of ether oxygens (including phenoxy) is 3. The van der Waals surface area contributed by atoms with Gasteiger partial charge in [-0.2, -0.15) is 4.31 Å². The van der Waals surface area contributed by atoms with E-state index in [1.165, 1.54) is 27.8 Å². The maximum Gasteiger partial charge on any atom is 0.260 e. The number of methoxy groups -OCH3 is 2. The molecule has 0 radical (unpaired) electrons. The van der Waals surface area contributed by atoms with Gasteiger partial charge in [0.25, 0.3) is 5.91 Å². The second-order valence-electron chi connectivity index (χ2n) is 8.67. The number of fused-ring (bicyclic) bond motifs is 1. The first-order valence-electron chi connectivity index (χ1n) is 12.6. The van der Waals surface area contributed by atoms with Crippen molar-refractivity contribution in [1.82, 2.24) is 14.2 Å². The first-order valence-corrected chi connectivity index (χ1v) is 14.8. The van der Waals surface area contributed by atoms with Gasteiger partial charge in [0.2, 0.25) is 10.0 Å². The third-order valence-electron chi connectivity index (χ3n) is 6.62. The van der Waals surface area contributed by atoms with Gasteiger partial charge in [-0.05, 0) is 49.5 Å². The lowest BCUT2D eigenvalue weighted by Gasteiger charge is -2.26. The standard InChI is InChI=1S/C26H34N4O6S2.ClH/c1-5-28(6-2)13-14-30(26-27-23-21(34-3)11-12-22(35-4)24(23)37-26)25(31)19-7-9-20(10-8-19)38(32,33)29-15-17-36-18-16-29;/h7-12H,5-6,13-18H2,1-4H3;1H. The van der Waals surface area contributed by atoms with Crippen molar-refractivity contribution in [2.24, 2.45) is 0 Å². The molecule has 13 heteroatoms. The molecule has 10 nitrogen and oxygen atoms in total. The molecule has 0 atom stereocenters. The zero-order valence-electron chi connectivity index (χ0n) is 22.6. The molecule has 0 unspecified atom stereocenters. The van der Waals surface area contributed by atoms with Crippen LogP contribution in [-0.2, 0) is 14.8 Å². The number of rotatable bonds is 11. The summed E-state index contributed by atoms with van der Waals surface area (Å²) in [6, 6.07) is 9.72. The molecule has 0 bridgehead atoms. The Bertz CT molecular complexity index is 1320. The molecule has 1 saturated heterocycles. The molecular formula is C26H35ClN4O6S2. The summed E-state index contributed by atoms with van der Waals surface area (Å²) < 4.78 is 44.5. The van der Waals surface area contributed by atoms with Gasteiger partial charge in [-0.3, -0.25) is 9.69 Å². The van der Waals surface area contributed by atoms with Crippen LogP contribution in [0.2, 0.25) is 0 Å². The summed E-state index contributed by atoms with van der Waals surface area (Å²) in [4.78, 5) is 22.6. The van der Waals surface area contributed by atoms with Crippen LogP contribution < -0.4 is 14.4 Å². The lowest BCUT2D eigenvalue weighted by molar-refractivity contribution is 0.0730. The lowest BCUT2D eigenvalue weighted by Crippen LogP contribution is -2.40. The number of carbonyl (C=O) groups is 1. The van der Waals surface area contributed by atoms with Gasteiger partial charge in [0.05, 0.1) is 32.3 Å². The largest absolute Gasteiger partial charge is 0.495 e. The Balaban J connectivity index is 0.00000420. The maximum atomic E-state index is 13.8. The van der Waals surface area contributed by atoms with E-state index in [1.807, 2.05) is 6.07 Å². The number of likely N-dealkylation sites (N-methyl/N-ethyl adjacent to an activating group) is 1. The topological polar surface area (TPSA) is 102 Å². The van der Waals surface area contributed by atoms with E-state index in [9.17, 15) is 13.2 Å². The SMILES string of the molecule is CCN(CC)CCN(C(=O)c1ccc(S(=O)(=O)N2CCOCC2)cc1)c1nc2c(OC)ccc(OC)c2s1.Cl. The Kier molecular flexibility index (Phi) is 10.9. The number of morpholine rings is 1. The summed E-state index contributed by atoms with van der Waals surface area (Å²) in [6.07, 6.45) is 0. The zero-order chi connectivity index (χ0) is 27.3. The summed E-state index contributed by atoms with van der Waals surface area (Å²) in [5.74, 6) is 0.986. The molecule has 214 valence electrons. The molecule has 4 rings (SSSR count). The summed E-state index contributed by atoms with van der Waals surface area (Å²) in [6.45, 7) is 8.31. The number of amides is 1. The van der Waals surface area contributed by atoms with E-state index < -0.39 is 10.0 Å². The van der Waals surface area contributed by atoms with Gasteiger partial charge in [-0.15, -0.1) is 12.4 Å². The average molecular weight is 599 g/mol. The van der Waals surface area contributed by atoms with Crippen molar-refractivity contribution in [3.05, 3.63) is 42.0 Å². The predicted octanol–water partition coefficient (Wildman–Crippen LogP) is 3.74. The van der Waals surface area contributed by atoms with E-state index in [0.29, 0.717) is 67.1 Å². The van der Waals surface area contributed by atoms with Crippen LogP contribution in [0.15, 0.2) is 41.3 Å². The van der Waals surface area contributed by atoms with Crippen molar-refractivity contribution in [1.29, 1.82) is 0 Å². The Morgan fingerprint density at radius 1 is 1.00 bits per heavy atom. The number of sulfonamides is 1. The normalized spacial score (nSPS) is 14.3. The highest BCUT2D eigenvalue weighted by Gasteiger charge is 2.28. The monoisotopic (exact) mass is 598 g/mol. The molecule has 1 amide bonds. The number of thiazole rings is 1. The molecule has 2 aromatic carbocycles. The molecule has 1 fully saturated rings. The van der Waals surface area contributed by atoms with Gasteiger partial charge in [0.15, 0.2) is 5.13 Å². The van der Waals surface area contributed by atoms with Crippen LogP contribution in [0.3, 0.4) is 0 Å². The Hall–Kier alpha value is -2.48. The van der Waals surface area contributed by atoms with Gasteiger partial charge in [-0.1, -0.05) is 25.2 Å². The number of benzene rings is 2. The van der Waals surface area contributed by atoms with E-state index in [-0.39, 0.29) is 23.2 Å². The van der Waals surface area contributed by atoms with Crippen LogP contribution >= 0.6 is 23.7 Å². The molecule has 0 spiro atoms. The van der Waals surface area contributed by atoms with E-state index >= 15 is 0 Å². The molecule has 1 aliphatic rings. The third-order valence-corrected chi connectivity index (χ3v) is 9.62. The minimum atomic E-state index is -3.65. The number of aromatic nitrogens is 1. The summed E-state index contributed by atoms with van der Waals surface area (Å²) >= 11 is 1.36. The number of anilines is 1. The number of halogens is 1. The van der Waals surface area contributed by atoms with E-state index in [1.54, 1.807) is 37.3 Å². The van der Waals surface area contributed by atoms with Gasteiger partial charge in [0, 0.05) is 31.7 Å². The average Bonchev–Trinajstić information content (AvgIpc) is 3.40. The first-order chi connectivity index (χ1) is 18.3. The maximum absolute atomic E-state index is 13.8. The fraction of sp³-hybridized carbons (Fsp3) is 0.462. The van der Waals surface area contributed by atoms with Gasteiger partial charge >= 0.3 is 0 Å². The van der Waals surface area contributed by atoms with Crippen LogP contribution in [-0.4, -0.2) is 95.2 Å². The quantitative estimate of drug-likeness (QED) is 0.329. The van der Waals surface area contributed by atoms with Gasteiger partial charge in [0.1, 0.15) is 21.7 Å². The highest BCUT2D eigenvalue weighted by molar-refractivity contribution is 7.89. The van der Waals surface area contributed by atoms with Crippen molar-refractivity contribution < 1.29 is 27.4 Å². The second-order valence-corrected chi connectivity index (χ2v) is 11.6. The minimum Gasteiger partial charge on any atom is -0.495 e. The van der Waals surface area contributed by atoms with Crippen LogP contribution in [0.1, 0.15) is 24.2 Å². The molecule has 0 aliphatic carbocycles. The van der Waals surface area contributed by atoms with Crippen LogP contribution in [0.4, 0.5) is 5.13 Å². The molecular weight excluding hydrogens is 564 g/mol. The summed E-state index contributed by atoms with van der Waals surface area (Å²) in [5.41, 5.74) is 1.00. The minimum absolute atomic E-state index is 0. The molecule has 1 aromatic heterocycles. The summed E-state index contributed by atoms with van der Waals surface area (Å²) in [5, 5.41) is 0.518. The van der Waals surface area contributed by atoms with Crippen molar-refractivity contribution in [2.75, 3.05) is 71.6 Å². The van der Waals surface area contributed by atoms with Crippen LogP contribution in [0, 0.1) is 0 Å². The summed E-state index contributed by atoms with van der Waals surface area (Å²) in [7, 11) is -0.481. The van der Waals surface area contributed by atoms with Crippen molar-refractivity contribution >= 4 is 55.0 Å². The Morgan fingerprint density at radius 3 is 2.21 bits per heavy atom. The molecule has 0 saturated carbocycles. The van der Waals surface area contributed by atoms with E-state index in [2.05, 4.69) is 18.7 Å². The highest BCUT2D eigenvalue weighted by atomic mass is 35.5. The first kappa shape index (κ1) is 31.1. The fourth-order valence-electron chi connectivity index (χ4n) is 4.32.